The quantitative estimate of drug-likeness (QED) is 0.658. The van der Waals surface area contributed by atoms with Gasteiger partial charge >= 0.3 is 0 Å². The van der Waals surface area contributed by atoms with Crippen molar-refractivity contribution in [3.8, 4) is 5.75 Å². The summed E-state index contributed by atoms with van der Waals surface area (Å²) >= 11 is 3.34. The van der Waals surface area contributed by atoms with Gasteiger partial charge in [-0.25, -0.2) is 8.42 Å². The molecule has 1 heterocycles. The molecule has 0 atom stereocenters. The first-order valence-corrected chi connectivity index (χ1v) is 11.1. The third-order valence-corrected chi connectivity index (χ3v) is 6.45. The fraction of sp³-hybridized carbons (Fsp3) is 0.250. The van der Waals surface area contributed by atoms with E-state index < -0.39 is 10.0 Å². The van der Waals surface area contributed by atoms with E-state index in [1.807, 2.05) is 42.5 Å². The van der Waals surface area contributed by atoms with Crippen LogP contribution in [0.25, 0.3) is 6.08 Å². The van der Waals surface area contributed by atoms with Gasteiger partial charge in [0.05, 0.1) is 0 Å². The van der Waals surface area contributed by atoms with Gasteiger partial charge in [0.1, 0.15) is 5.75 Å². The molecule has 1 aliphatic heterocycles. The Morgan fingerprint density at radius 1 is 1.00 bits per heavy atom. The molecule has 1 amide bonds. The van der Waals surface area contributed by atoms with Crippen LogP contribution >= 0.6 is 15.9 Å². The first-order valence-electron chi connectivity index (χ1n) is 8.83. The maximum Gasteiger partial charge on any atom is 0.260 e. The van der Waals surface area contributed by atoms with E-state index >= 15 is 0 Å². The molecule has 0 aromatic heterocycles. The second kappa shape index (κ2) is 9.36. The smallest absolute Gasteiger partial charge is 0.260 e. The van der Waals surface area contributed by atoms with Gasteiger partial charge in [0.25, 0.3) is 5.91 Å². The van der Waals surface area contributed by atoms with Crippen LogP contribution in [0.4, 0.5) is 0 Å². The molecule has 2 aromatic rings. The van der Waals surface area contributed by atoms with E-state index in [0.29, 0.717) is 18.8 Å². The molecule has 6 nitrogen and oxygen atoms in total. The number of halogens is 1. The van der Waals surface area contributed by atoms with E-state index in [1.165, 1.54) is 9.71 Å². The molecule has 1 saturated heterocycles. The Morgan fingerprint density at radius 2 is 1.64 bits per heavy atom. The Bertz CT molecular complexity index is 922. The predicted octanol–water partition coefficient (Wildman–Crippen LogP) is 2.97. The van der Waals surface area contributed by atoms with Gasteiger partial charge < -0.3 is 9.64 Å². The molecule has 1 aliphatic rings. The molecule has 3 rings (SSSR count). The van der Waals surface area contributed by atoms with Crippen LogP contribution in [0, 0.1) is 0 Å². The maximum absolute atomic E-state index is 12.5. The Balaban J connectivity index is 1.49. The molecule has 1 fully saturated rings. The second-order valence-corrected chi connectivity index (χ2v) is 9.01. The van der Waals surface area contributed by atoms with E-state index in [-0.39, 0.29) is 25.6 Å². The molecule has 0 bridgehead atoms. The fourth-order valence-electron chi connectivity index (χ4n) is 2.77. The van der Waals surface area contributed by atoms with Crippen molar-refractivity contribution in [1.29, 1.82) is 0 Å². The van der Waals surface area contributed by atoms with Crippen LogP contribution in [0.5, 0.6) is 5.75 Å². The monoisotopic (exact) mass is 464 g/mol. The van der Waals surface area contributed by atoms with Crippen molar-refractivity contribution in [3.63, 3.8) is 0 Å². The van der Waals surface area contributed by atoms with E-state index in [4.69, 9.17) is 4.74 Å². The molecule has 0 radical (unpaired) electrons. The van der Waals surface area contributed by atoms with Crippen molar-refractivity contribution >= 4 is 37.9 Å². The van der Waals surface area contributed by atoms with Gasteiger partial charge in [-0.05, 0) is 35.9 Å². The number of benzene rings is 2. The van der Waals surface area contributed by atoms with Crippen LogP contribution in [0.3, 0.4) is 0 Å². The van der Waals surface area contributed by atoms with Crippen molar-refractivity contribution in [1.82, 2.24) is 9.21 Å². The predicted molar refractivity (Wildman–Crippen MR) is 112 cm³/mol. The Morgan fingerprint density at radius 3 is 2.29 bits per heavy atom. The number of carbonyl (C=O) groups excluding carboxylic acids is 1. The SMILES string of the molecule is O=C(COc1ccc(Br)cc1)N1CCN(S(=O)(=O)C=Cc2ccccc2)CC1. The van der Waals surface area contributed by atoms with Gasteiger partial charge in [-0.1, -0.05) is 46.3 Å². The summed E-state index contributed by atoms with van der Waals surface area (Å²) in [4.78, 5) is 13.9. The topological polar surface area (TPSA) is 66.9 Å². The minimum atomic E-state index is -3.51. The number of sulfonamides is 1. The highest BCUT2D eigenvalue weighted by molar-refractivity contribution is 9.10. The lowest BCUT2D eigenvalue weighted by atomic mass is 10.2. The van der Waals surface area contributed by atoms with E-state index in [9.17, 15) is 13.2 Å². The van der Waals surface area contributed by atoms with Crippen molar-refractivity contribution in [3.05, 3.63) is 70.0 Å². The third-order valence-electron chi connectivity index (χ3n) is 4.36. The summed E-state index contributed by atoms with van der Waals surface area (Å²) in [5.41, 5.74) is 0.824. The van der Waals surface area contributed by atoms with Gasteiger partial charge in [0.15, 0.2) is 6.61 Å². The largest absolute Gasteiger partial charge is 0.484 e. The Labute approximate surface area is 173 Å². The summed E-state index contributed by atoms with van der Waals surface area (Å²) in [6.07, 6.45) is 1.58. The molecule has 0 saturated carbocycles. The van der Waals surface area contributed by atoms with Gasteiger partial charge in [-0.2, -0.15) is 4.31 Å². The van der Waals surface area contributed by atoms with Crippen molar-refractivity contribution in [2.75, 3.05) is 32.8 Å². The number of ether oxygens (including phenoxy) is 1. The van der Waals surface area contributed by atoms with Crippen LogP contribution in [0.1, 0.15) is 5.56 Å². The first kappa shape index (κ1) is 20.6. The molecule has 2 aromatic carbocycles. The molecule has 8 heteroatoms. The van der Waals surface area contributed by atoms with Crippen molar-refractivity contribution in [2.45, 2.75) is 0 Å². The zero-order valence-electron chi connectivity index (χ0n) is 15.2. The second-order valence-electron chi connectivity index (χ2n) is 6.28. The molecule has 0 aliphatic carbocycles. The number of hydrogen-bond acceptors (Lipinski definition) is 4. The minimum Gasteiger partial charge on any atom is -0.484 e. The summed E-state index contributed by atoms with van der Waals surface area (Å²) in [6.45, 7) is 1.17. The number of piperazine rings is 1. The number of hydrogen-bond donors (Lipinski definition) is 0. The molecule has 148 valence electrons. The standard InChI is InChI=1S/C20H21BrN2O4S/c21-18-6-8-19(9-7-18)27-16-20(24)22-11-13-23(14-12-22)28(25,26)15-10-17-4-2-1-3-5-17/h1-10,15H,11-14,16H2. The van der Waals surface area contributed by atoms with Crippen molar-refractivity contribution in [2.24, 2.45) is 0 Å². The summed E-state index contributed by atoms with van der Waals surface area (Å²) < 4.78 is 32.8. The van der Waals surface area contributed by atoms with Gasteiger partial charge in [-0.3, -0.25) is 4.79 Å². The van der Waals surface area contributed by atoms with Crippen LogP contribution in [0.2, 0.25) is 0 Å². The molecule has 0 N–H and O–H groups in total. The van der Waals surface area contributed by atoms with Crippen LogP contribution in [-0.2, 0) is 14.8 Å². The fourth-order valence-corrected chi connectivity index (χ4v) is 4.21. The molecule has 0 unspecified atom stereocenters. The first-order chi connectivity index (χ1) is 13.4. The van der Waals surface area contributed by atoms with E-state index in [1.54, 1.807) is 23.1 Å². The number of nitrogens with zero attached hydrogens (tertiary/aromatic N) is 2. The van der Waals surface area contributed by atoms with Gasteiger partial charge in [0.2, 0.25) is 10.0 Å². The zero-order chi connectivity index (χ0) is 20.0. The normalized spacial score (nSPS) is 15.7. The molecular weight excluding hydrogens is 444 g/mol. The average Bonchev–Trinajstić information content (AvgIpc) is 2.72. The Hall–Kier alpha value is -2.16. The van der Waals surface area contributed by atoms with Gasteiger partial charge in [-0.15, -0.1) is 0 Å². The molecular formula is C20H21BrN2O4S. The molecule has 28 heavy (non-hydrogen) atoms. The van der Waals surface area contributed by atoms with Crippen LogP contribution in [-0.4, -0.2) is 56.3 Å². The lowest BCUT2D eigenvalue weighted by Gasteiger charge is -2.33. The maximum atomic E-state index is 12.5. The summed E-state index contributed by atoms with van der Waals surface area (Å²) in [5.74, 6) is 0.462. The lowest BCUT2D eigenvalue weighted by Crippen LogP contribution is -2.51. The Kier molecular flexibility index (Phi) is 6.88. The highest BCUT2D eigenvalue weighted by Crippen LogP contribution is 2.16. The van der Waals surface area contributed by atoms with E-state index in [0.717, 1.165) is 10.0 Å². The number of amides is 1. The van der Waals surface area contributed by atoms with Crippen LogP contribution < -0.4 is 4.74 Å². The van der Waals surface area contributed by atoms with E-state index in [2.05, 4.69) is 15.9 Å². The third kappa shape index (κ3) is 5.67. The van der Waals surface area contributed by atoms with Crippen LogP contribution in [0.15, 0.2) is 64.5 Å². The number of carbonyl (C=O) groups is 1. The molecule has 0 spiro atoms. The number of rotatable bonds is 6. The summed E-state index contributed by atoms with van der Waals surface area (Å²) in [5, 5.41) is 1.22. The zero-order valence-corrected chi connectivity index (χ0v) is 17.6. The minimum absolute atomic E-state index is 0.0672. The highest BCUT2D eigenvalue weighted by Gasteiger charge is 2.27. The van der Waals surface area contributed by atoms with Gasteiger partial charge in [0, 0.05) is 36.1 Å². The average molecular weight is 465 g/mol. The van der Waals surface area contributed by atoms with Crippen molar-refractivity contribution < 1.29 is 17.9 Å². The highest BCUT2D eigenvalue weighted by atomic mass is 79.9. The lowest BCUT2D eigenvalue weighted by molar-refractivity contribution is -0.134. The summed E-state index contributed by atoms with van der Waals surface area (Å²) in [6, 6.07) is 16.5. The summed E-state index contributed by atoms with van der Waals surface area (Å²) in [7, 11) is -3.51.